The van der Waals surface area contributed by atoms with Crippen LogP contribution in [0.1, 0.15) is 11.4 Å². The lowest BCUT2D eigenvalue weighted by molar-refractivity contribution is 0.450. The van der Waals surface area contributed by atoms with Crippen molar-refractivity contribution < 1.29 is 5.11 Å². The minimum absolute atomic E-state index is 0.0281. The molecule has 90 valence electrons. The van der Waals surface area contributed by atoms with Crippen molar-refractivity contribution in [1.82, 2.24) is 15.0 Å². The van der Waals surface area contributed by atoms with Crippen LogP contribution < -0.4 is 0 Å². The van der Waals surface area contributed by atoms with Crippen LogP contribution >= 0.6 is 0 Å². The third-order valence-electron chi connectivity index (χ3n) is 2.92. The Bertz CT molecular complexity index is 670. The average molecular weight is 239 g/mol. The number of aryl methyl sites for hydroxylation is 2. The van der Waals surface area contributed by atoms with Gasteiger partial charge in [0, 0.05) is 5.56 Å². The van der Waals surface area contributed by atoms with Gasteiger partial charge >= 0.3 is 0 Å². The van der Waals surface area contributed by atoms with Crippen molar-refractivity contribution in [3.8, 4) is 28.5 Å². The Morgan fingerprint density at radius 2 is 1.78 bits per heavy atom. The first kappa shape index (κ1) is 10.8. The van der Waals surface area contributed by atoms with Crippen LogP contribution in [0.25, 0.3) is 22.6 Å². The van der Waals surface area contributed by atoms with Crippen molar-refractivity contribution in [1.29, 1.82) is 0 Å². The molecule has 0 unspecified atom stereocenters. The minimum Gasteiger partial charge on any atom is -0.492 e. The highest BCUT2D eigenvalue weighted by Gasteiger charge is 2.16. The molecule has 1 aromatic carbocycles. The van der Waals surface area contributed by atoms with Crippen molar-refractivity contribution >= 4 is 0 Å². The number of aromatic nitrogens is 3. The standard InChI is InChI=1S/C14H13N3O/c1-8-3-5-10(6-4-8)11-7-12-13(17-11)14(18)16-9(2)15-12/h3-7,18H,1-2H3,(H,15,16). The molecule has 2 aliphatic rings. The van der Waals surface area contributed by atoms with Crippen molar-refractivity contribution in [2.45, 2.75) is 13.8 Å². The second kappa shape index (κ2) is 3.84. The second-order valence-corrected chi connectivity index (χ2v) is 4.42. The van der Waals surface area contributed by atoms with Gasteiger partial charge < -0.3 is 10.1 Å². The van der Waals surface area contributed by atoms with Gasteiger partial charge in [0.1, 0.15) is 11.5 Å². The minimum atomic E-state index is -0.0281. The summed E-state index contributed by atoms with van der Waals surface area (Å²) in [5.74, 6) is 0.641. The van der Waals surface area contributed by atoms with Crippen LogP contribution in [0, 0.1) is 13.8 Å². The fraction of sp³-hybridized carbons (Fsp3) is 0.143. The maximum Gasteiger partial charge on any atom is 0.241 e. The van der Waals surface area contributed by atoms with Gasteiger partial charge in [0.2, 0.25) is 5.88 Å². The molecule has 4 nitrogen and oxygen atoms in total. The highest BCUT2D eigenvalue weighted by Crippen LogP contribution is 2.32. The highest BCUT2D eigenvalue weighted by atomic mass is 16.3. The number of hydrogen-bond donors (Lipinski definition) is 2. The molecule has 0 spiro atoms. The lowest BCUT2D eigenvalue weighted by atomic mass is 10.1. The molecule has 2 N–H and O–H groups in total. The summed E-state index contributed by atoms with van der Waals surface area (Å²) in [7, 11) is 0. The molecule has 2 aliphatic heterocycles. The number of aromatic hydroxyl groups is 1. The topological polar surface area (TPSA) is 61.8 Å². The van der Waals surface area contributed by atoms with E-state index in [9.17, 15) is 5.11 Å². The monoisotopic (exact) mass is 239 g/mol. The third kappa shape index (κ3) is 1.72. The summed E-state index contributed by atoms with van der Waals surface area (Å²) in [6.07, 6.45) is 0. The first-order valence-electron chi connectivity index (χ1n) is 5.77. The molecule has 0 aliphatic carbocycles. The number of rotatable bonds is 1. The zero-order chi connectivity index (χ0) is 12.7. The van der Waals surface area contributed by atoms with Gasteiger partial charge in [-0.2, -0.15) is 4.98 Å². The van der Waals surface area contributed by atoms with Crippen molar-refractivity contribution in [2.24, 2.45) is 0 Å². The summed E-state index contributed by atoms with van der Waals surface area (Å²) in [5.41, 5.74) is 4.39. The molecular weight excluding hydrogens is 226 g/mol. The van der Waals surface area contributed by atoms with Crippen molar-refractivity contribution in [3.63, 3.8) is 0 Å². The Morgan fingerprint density at radius 1 is 1.06 bits per heavy atom. The largest absolute Gasteiger partial charge is 0.492 e. The molecule has 4 heteroatoms. The number of aromatic amines is 1. The number of H-pyrrole nitrogens is 1. The normalized spacial score (nSPS) is 11.0. The van der Waals surface area contributed by atoms with Crippen LogP contribution in [0.2, 0.25) is 0 Å². The van der Waals surface area contributed by atoms with E-state index in [4.69, 9.17) is 0 Å². The molecule has 0 amide bonds. The van der Waals surface area contributed by atoms with Crippen LogP contribution in [-0.2, 0) is 0 Å². The summed E-state index contributed by atoms with van der Waals surface area (Å²) in [6.45, 7) is 3.85. The zero-order valence-corrected chi connectivity index (χ0v) is 10.2. The summed E-state index contributed by atoms with van der Waals surface area (Å²) >= 11 is 0. The molecular formula is C14H13N3O. The first-order valence-corrected chi connectivity index (χ1v) is 5.77. The van der Waals surface area contributed by atoms with Gasteiger partial charge in [-0.1, -0.05) is 29.8 Å². The SMILES string of the molecule is Cc1ccc(-c2cc3[nH]c(C)nc(O)c-3n2)cc1. The molecule has 2 heterocycles. The molecule has 0 fully saturated rings. The average Bonchev–Trinajstić information content (AvgIpc) is 2.74. The van der Waals surface area contributed by atoms with Crippen LogP contribution in [0.4, 0.5) is 0 Å². The van der Waals surface area contributed by atoms with E-state index in [-0.39, 0.29) is 5.88 Å². The molecule has 1 aromatic rings. The first-order chi connectivity index (χ1) is 8.63. The molecule has 0 saturated carbocycles. The lowest BCUT2D eigenvalue weighted by Crippen LogP contribution is -1.91. The van der Waals surface area contributed by atoms with Gasteiger partial charge in [0.15, 0.2) is 0 Å². The Labute approximate surface area is 105 Å². The zero-order valence-electron chi connectivity index (χ0n) is 10.2. The second-order valence-electron chi connectivity index (χ2n) is 4.42. The van der Waals surface area contributed by atoms with Gasteiger partial charge in [-0.25, -0.2) is 4.98 Å². The molecule has 0 bridgehead atoms. The summed E-state index contributed by atoms with van der Waals surface area (Å²) in [4.78, 5) is 11.5. The fourth-order valence-electron chi connectivity index (χ4n) is 1.99. The fourth-order valence-corrected chi connectivity index (χ4v) is 1.99. The quantitative estimate of drug-likeness (QED) is 0.686. The van der Waals surface area contributed by atoms with Crippen LogP contribution in [0.15, 0.2) is 30.3 Å². The third-order valence-corrected chi connectivity index (χ3v) is 2.92. The summed E-state index contributed by atoms with van der Waals surface area (Å²) < 4.78 is 0. The van der Waals surface area contributed by atoms with E-state index in [0.29, 0.717) is 11.5 Å². The molecule has 0 aromatic heterocycles. The van der Waals surface area contributed by atoms with Crippen LogP contribution in [-0.4, -0.2) is 20.1 Å². The van der Waals surface area contributed by atoms with Gasteiger partial charge in [0.25, 0.3) is 0 Å². The maximum atomic E-state index is 9.76. The number of nitrogens with one attached hydrogen (secondary N) is 1. The van der Waals surface area contributed by atoms with E-state index in [1.807, 2.05) is 37.3 Å². The predicted molar refractivity (Wildman–Crippen MR) is 69.6 cm³/mol. The number of benzene rings is 1. The molecule has 0 radical (unpaired) electrons. The van der Waals surface area contributed by atoms with Crippen LogP contribution in [0.5, 0.6) is 5.88 Å². The molecule has 0 saturated heterocycles. The number of fused-ring (bicyclic) bond motifs is 1. The Morgan fingerprint density at radius 3 is 2.50 bits per heavy atom. The summed E-state index contributed by atoms with van der Waals surface area (Å²) in [6, 6.07) is 10.1. The Hall–Kier alpha value is -2.36. The molecule has 0 atom stereocenters. The lowest BCUT2D eigenvalue weighted by Gasteiger charge is -2.01. The smallest absolute Gasteiger partial charge is 0.241 e. The number of hydrogen-bond acceptors (Lipinski definition) is 3. The van der Waals surface area contributed by atoms with Crippen molar-refractivity contribution in [3.05, 3.63) is 41.7 Å². The van der Waals surface area contributed by atoms with Gasteiger partial charge in [-0.15, -0.1) is 0 Å². The molecule has 3 rings (SSSR count). The van der Waals surface area contributed by atoms with Gasteiger partial charge in [-0.3, -0.25) is 0 Å². The van der Waals surface area contributed by atoms with E-state index in [1.54, 1.807) is 6.92 Å². The van der Waals surface area contributed by atoms with E-state index in [1.165, 1.54) is 5.56 Å². The van der Waals surface area contributed by atoms with E-state index in [2.05, 4.69) is 15.0 Å². The predicted octanol–water partition coefficient (Wildman–Crippen LogP) is 2.90. The summed E-state index contributed by atoms with van der Waals surface area (Å²) in [5, 5.41) is 9.76. The maximum absolute atomic E-state index is 9.76. The highest BCUT2D eigenvalue weighted by molar-refractivity contribution is 5.73. The van der Waals surface area contributed by atoms with Gasteiger partial charge in [-0.05, 0) is 19.9 Å². The van der Waals surface area contributed by atoms with E-state index < -0.39 is 0 Å². The van der Waals surface area contributed by atoms with Crippen LogP contribution in [0.3, 0.4) is 0 Å². The number of nitrogens with zero attached hydrogens (tertiary/aromatic N) is 2. The van der Waals surface area contributed by atoms with Gasteiger partial charge in [0.05, 0.1) is 11.4 Å². The van der Waals surface area contributed by atoms with Crippen molar-refractivity contribution in [2.75, 3.05) is 0 Å². The van der Waals surface area contributed by atoms with E-state index >= 15 is 0 Å². The van der Waals surface area contributed by atoms with E-state index in [0.717, 1.165) is 17.0 Å². The molecule has 18 heavy (non-hydrogen) atoms. The Balaban J connectivity index is 2.17. The Kier molecular flexibility index (Phi) is 2.30.